The van der Waals surface area contributed by atoms with E-state index in [1.54, 1.807) is 0 Å². The maximum absolute atomic E-state index is 11.0. The fourth-order valence-corrected chi connectivity index (χ4v) is 1.72. The Labute approximate surface area is 110 Å². The molecule has 2 rings (SSSR count). The normalized spacial score (nSPS) is 11.9. The Kier molecular flexibility index (Phi) is 3.55. The van der Waals surface area contributed by atoms with Crippen molar-refractivity contribution in [1.82, 2.24) is 9.78 Å². The Bertz CT molecular complexity index is 604. The van der Waals surface area contributed by atoms with Gasteiger partial charge in [0.2, 0.25) is 0 Å². The molecular formula is C13H16N2O4. The molecule has 0 saturated carbocycles. The minimum absolute atomic E-state index is 0.0762. The summed E-state index contributed by atoms with van der Waals surface area (Å²) in [6, 6.07) is 7.41. The number of ether oxygens (including phenoxy) is 1. The Hall–Kier alpha value is -1.92. The van der Waals surface area contributed by atoms with Crippen molar-refractivity contribution in [3.8, 4) is 0 Å². The van der Waals surface area contributed by atoms with Crippen molar-refractivity contribution in [2.45, 2.75) is 32.8 Å². The van der Waals surface area contributed by atoms with E-state index in [1.807, 2.05) is 24.3 Å². The molecule has 0 amide bonds. The third kappa shape index (κ3) is 2.59. The molecule has 0 bridgehead atoms. The van der Waals surface area contributed by atoms with Gasteiger partial charge in [-0.25, -0.2) is 9.48 Å². The van der Waals surface area contributed by atoms with Crippen molar-refractivity contribution in [2.75, 3.05) is 0 Å². The molecule has 0 aliphatic carbocycles. The molecule has 0 aliphatic heterocycles. The van der Waals surface area contributed by atoms with Crippen LogP contribution < -0.4 is 0 Å². The zero-order valence-corrected chi connectivity index (χ0v) is 10.8. The summed E-state index contributed by atoms with van der Waals surface area (Å²) in [5.74, 6) is -1.03. The van der Waals surface area contributed by atoms with Gasteiger partial charge in [-0.15, -0.1) is 0 Å². The van der Waals surface area contributed by atoms with Crippen molar-refractivity contribution < 1.29 is 19.7 Å². The molecule has 0 spiro atoms. The minimum atomic E-state index is -1.27. The van der Waals surface area contributed by atoms with E-state index in [0.29, 0.717) is 5.69 Å². The SMILES string of the molecule is CC(C)(OCc1nn(CO)c2ccccc12)C(=O)O. The predicted octanol–water partition coefficient (Wildman–Crippen LogP) is 1.37. The molecule has 0 radical (unpaired) electrons. The molecule has 0 fully saturated rings. The largest absolute Gasteiger partial charge is 0.479 e. The van der Waals surface area contributed by atoms with Gasteiger partial charge in [-0.3, -0.25) is 0 Å². The van der Waals surface area contributed by atoms with Crippen LogP contribution in [0, 0.1) is 0 Å². The fraction of sp³-hybridized carbons (Fsp3) is 0.385. The predicted molar refractivity (Wildman–Crippen MR) is 68.5 cm³/mol. The van der Waals surface area contributed by atoms with Crippen molar-refractivity contribution in [1.29, 1.82) is 0 Å². The van der Waals surface area contributed by atoms with Gasteiger partial charge in [-0.05, 0) is 19.9 Å². The molecule has 0 atom stereocenters. The van der Waals surface area contributed by atoms with E-state index in [9.17, 15) is 9.90 Å². The number of nitrogens with zero attached hydrogens (tertiary/aromatic N) is 2. The smallest absolute Gasteiger partial charge is 0.335 e. The number of carboxylic acid groups (broad SMARTS) is 1. The molecule has 0 aliphatic rings. The van der Waals surface area contributed by atoms with Crippen LogP contribution in [-0.4, -0.2) is 31.6 Å². The summed E-state index contributed by atoms with van der Waals surface area (Å²) in [5.41, 5.74) is 0.125. The highest BCUT2D eigenvalue weighted by molar-refractivity contribution is 5.82. The van der Waals surface area contributed by atoms with Crippen LogP contribution in [0.5, 0.6) is 0 Å². The number of fused-ring (bicyclic) bond motifs is 1. The first-order valence-electron chi connectivity index (χ1n) is 5.88. The average Bonchev–Trinajstić information content (AvgIpc) is 2.74. The standard InChI is InChI=1S/C13H16N2O4/c1-13(2,12(17)18)19-7-10-9-5-3-4-6-11(9)15(8-16)14-10/h3-6,16H,7-8H2,1-2H3,(H,17,18). The Morgan fingerprint density at radius 1 is 1.42 bits per heavy atom. The summed E-state index contributed by atoms with van der Waals surface area (Å²) < 4.78 is 6.83. The number of aromatic nitrogens is 2. The van der Waals surface area contributed by atoms with Crippen LogP contribution in [0.25, 0.3) is 10.9 Å². The van der Waals surface area contributed by atoms with Crippen molar-refractivity contribution in [3.05, 3.63) is 30.0 Å². The second kappa shape index (κ2) is 4.99. The van der Waals surface area contributed by atoms with E-state index in [4.69, 9.17) is 9.84 Å². The molecule has 1 aromatic heterocycles. The van der Waals surface area contributed by atoms with Gasteiger partial charge in [-0.1, -0.05) is 18.2 Å². The summed E-state index contributed by atoms with van der Waals surface area (Å²) >= 11 is 0. The van der Waals surface area contributed by atoms with Gasteiger partial charge in [0.25, 0.3) is 0 Å². The number of benzene rings is 1. The van der Waals surface area contributed by atoms with Gasteiger partial charge in [0, 0.05) is 5.39 Å². The van der Waals surface area contributed by atoms with Gasteiger partial charge in [-0.2, -0.15) is 5.10 Å². The highest BCUT2D eigenvalue weighted by Gasteiger charge is 2.28. The number of carboxylic acids is 1. The molecule has 1 heterocycles. The molecule has 2 aromatic rings. The summed E-state index contributed by atoms with van der Waals surface area (Å²) in [4.78, 5) is 11.0. The summed E-state index contributed by atoms with van der Waals surface area (Å²) in [6.07, 6.45) is 0. The number of aliphatic carboxylic acids is 1. The number of hydrogen-bond acceptors (Lipinski definition) is 4. The van der Waals surface area contributed by atoms with Crippen LogP contribution in [0.3, 0.4) is 0 Å². The third-order valence-electron chi connectivity index (χ3n) is 2.95. The van der Waals surface area contributed by atoms with E-state index in [1.165, 1.54) is 18.5 Å². The molecule has 1 aromatic carbocycles. The summed E-state index contributed by atoms with van der Waals surface area (Å²) in [7, 11) is 0. The first kappa shape index (κ1) is 13.5. The van der Waals surface area contributed by atoms with E-state index >= 15 is 0 Å². The zero-order valence-electron chi connectivity index (χ0n) is 10.8. The minimum Gasteiger partial charge on any atom is -0.479 e. The maximum atomic E-state index is 11.0. The lowest BCUT2D eigenvalue weighted by molar-refractivity contribution is -0.162. The summed E-state index contributed by atoms with van der Waals surface area (Å²) in [5, 5.41) is 23.3. The van der Waals surface area contributed by atoms with Crippen LogP contribution in [0.1, 0.15) is 19.5 Å². The van der Waals surface area contributed by atoms with Crippen LogP contribution in [0.4, 0.5) is 0 Å². The van der Waals surface area contributed by atoms with Crippen LogP contribution in [0.2, 0.25) is 0 Å². The number of rotatable bonds is 5. The van der Waals surface area contributed by atoms with Gasteiger partial charge in [0.05, 0.1) is 17.8 Å². The molecule has 19 heavy (non-hydrogen) atoms. The highest BCUT2D eigenvalue weighted by atomic mass is 16.5. The number of hydrogen-bond donors (Lipinski definition) is 2. The first-order chi connectivity index (χ1) is 8.95. The van der Waals surface area contributed by atoms with Gasteiger partial charge < -0.3 is 14.9 Å². The van der Waals surface area contributed by atoms with Crippen molar-refractivity contribution in [3.63, 3.8) is 0 Å². The lowest BCUT2D eigenvalue weighted by atomic mass is 10.1. The quantitative estimate of drug-likeness (QED) is 0.852. The Balaban J connectivity index is 2.29. The second-order valence-electron chi connectivity index (χ2n) is 4.71. The number of para-hydroxylation sites is 1. The van der Waals surface area contributed by atoms with E-state index in [-0.39, 0.29) is 13.3 Å². The Morgan fingerprint density at radius 3 is 2.74 bits per heavy atom. The maximum Gasteiger partial charge on any atom is 0.335 e. The fourth-order valence-electron chi connectivity index (χ4n) is 1.72. The summed E-state index contributed by atoms with van der Waals surface area (Å²) in [6.45, 7) is 2.82. The zero-order chi connectivity index (χ0) is 14.0. The van der Waals surface area contributed by atoms with Crippen molar-refractivity contribution >= 4 is 16.9 Å². The van der Waals surface area contributed by atoms with Gasteiger partial charge >= 0.3 is 5.97 Å². The molecule has 6 heteroatoms. The van der Waals surface area contributed by atoms with E-state index < -0.39 is 11.6 Å². The molecule has 0 saturated heterocycles. The lowest BCUT2D eigenvalue weighted by Crippen LogP contribution is -2.34. The molecule has 6 nitrogen and oxygen atoms in total. The lowest BCUT2D eigenvalue weighted by Gasteiger charge is -2.19. The van der Waals surface area contributed by atoms with E-state index in [0.717, 1.165) is 10.9 Å². The monoisotopic (exact) mass is 264 g/mol. The second-order valence-corrected chi connectivity index (χ2v) is 4.71. The van der Waals surface area contributed by atoms with Crippen molar-refractivity contribution in [2.24, 2.45) is 0 Å². The highest BCUT2D eigenvalue weighted by Crippen LogP contribution is 2.21. The Morgan fingerprint density at radius 2 is 2.11 bits per heavy atom. The van der Waals surface area contributed by atoms with Gasteiger partial charge in [0.15, 0.2) is 5.60 Å². The number of aliphatic hydroxyl groups is 1. The molecule has 2 N–H and O–H groups in total. The van der Waals surface area contributed by atoms with Gasteiger partial charge in [0.1, 0.15) is 6.73 Å². The third-order valence-corrected chi connectivity index (χ3v) is 2.95. The molecule has 0 unspecified atom stereocenters. The van der Waals surface area contributed by atoms with Crippen LogP contribution >= 0.6 is 0 Å². The van der Waals surface area contributed by atoms with Crippen LogP contribution in [0.15, 0.2) is 24.3 Å². The average molecular weight is 264 g/mol. The molecular weight excluding hydrogens is 248 g/mol. The molecule has 102 valence electrons. The topological polar surface area (TPSA) is 84.6 Å². The van der Waals surface area contributed by atoms with E-state index in [2.05, 4.69) is 5.10 Å². The first-order valence-corrected chi connectivity index (χ1v) is 5.88. The van der Waals surface area contributed by atoms with Crippen LogP contribution in [-0.2, 0) is 22.9 Å². The number of aliphatic hydroxyl groups excluding tert-OH is 1. The number of carbonyl (C=O) groups is 1.